The Morgan fingerprint density at radius 3 is 2.76 bits per heavy atom. The molecule has 1 fully saturated rings. The van der Waals surface area contributed by atoms with Crippen LogP contribution in [0.5, 0.6) is 0 Å². The number of aliphatic hydroxyl groups is 1. The van der Waals surface area contributed by atoms with Crippen LogP contribution in [-0.2, 0) is 10.3 Å². The van der Waals surface area contributed by atoms with E-state index in [9.17, 15) is 5.11 Å². The predicted molar refractivity (Wildman–Crippen MR) is 85.4 cm³/mol. The summed E-state index contributed by atoms with van der Waals surface area (Å²) in [5.74, 6) is 0. The Balaban J connectivity index is 2.21. The summed E-state index contributed by atoms with van der Waals surface area (Å²) in [5.41, 5.74) is 0.753. The van der Waals surface area contributed by atoms with Gasteiger partial charge >= 0.3 is 0 Å². The zero-order chi connectivity index (χ0) is 15.1. The normalized spacial score (nSPS) is 22.9. The van der Waals surface area contributed by atoms with Crippen LogP contribution in [0.3, 0.4) is 0 Å². The van der Waals surface area contributed by atoms with Crippen molar-refractivity contribution < 1.29 is 9.84 Å². The fourth-order valence-corrected chi connectivity index (χ4v) is 2.91. The van der Waals surface area contributed by atoms with E-state index >= 15 is 0 Å². The van der Waals surface area contributed by atoms with Crippen LogP contribution in [0.1, 0.15) is 25.8 Å². The Morgan fingerprint density at radius 2 is 2.14 bits per heavy atom. The molecule has 0 amide bonds. The lowest BCUT2D eigenvalue weighted by Gasteiger charge is -2.42. The molecule has 21 heavy (non-hydrogen) atoms. The zero-order valence-corrected chi connectivity index (χ0v) is 13.2. The van der Waals surface area contributed by atoms with E-state index in [-0.39, 0.29) is 6.61 Å². The highest BCUT2D eigenvalue weighted by molar-refractivity contribution is 5.25. The third-order valence-electron chi connectivity index (χ3n) is 4.29. The monoisotopic (exact) mass is 292 g/mol. The Morgan fingerprint density at radius 1 is 1.38 bits per heavy atom. The molecule has 0 bridgehead atoms. The van der Waals surface area contributed by atoms with Crippen LogP contribution in [-0.4, -0.2) is 55.5 Å². The van der Waals surface area contributed by atoms with Crippen LogP contribution in [0.2, 0.25) is 0 Å². The van der Waals surface area contributed by atoms with Crippen LogP contribution in [0.25, 0.3) is 0 Å². The number of rotatable bonds is 7. The second-order valence-corrected chi connectivity index (χ2v) is 5.93. The first-order valence-electron chi connectivity index (χ1n) is 7.95. The number of benzene rings is 1. The number of hydrogen-bond donors (Lipinski definition) is 2. The zero-order valence-electron chi connectivity index (χ0n) is 13.2. The van der Waals surface area contributed by atoms with E-state index in [0.29, 0.717) is 6.04 Å². The molecule has 0 aliphatic carbocycles. The molecule has 4 nitrogen and oxygen atoms in total. The predicted octanol–water partition coefficient (Wildman–Crippen LogP) is 1.59. The Hall–Kier alpha value is -0.940. The fourth-order valence-electron chi connectivity index (χ4n) is 2.91. The van der Waals surface area contributed by atoms with Gasteiger partial charge in [0.05, 0.1) is 25.4 Å². The van der Waals surface area contributed by atoms with Gasteiger partial charge < -0.3 is 15.2 Å². The van der Waals surface area contributed by atoms with Crippen molar-refractivity contribution in [3.8, 4) is 0 Å². The summed E-state index contributed by atoms with van der Waals surface area (Å²) in [7, 11) is 0. The quantitative estimate of drug-likeness (QED) is 0.801. The van der Waals surface area contributed by atoms with Crippen molar-refractivity contribution in [1.29, 1.82) is 0 Å². The molecule has 2 unspecified atom stereocenters. The Bertz CT molecular complexity index is 413. The molecule has 2 atom stereocenters. The van der Waals surface area contributed by atoms with Crippen molar-refractivity contribution in [3.05, 3.63) is 35.9 Å². The van der Waals surface area contributed by atoms with Gasteiger partial charge in [0, 0.05) is 19.1 Å². The third kappa shape index (κ3) is 4.04. The molecule has 1 aliphatic heterocycles. The highest BCUT2D eigenvalue weighted by Crippen LogP contribution is 2.24. The van der Waals surface area contributed by atoms with Gasteiger partial charge in [0.25, 0.3) is 0 Å². The average molecular weight is 292 g/mol. The lowest BCUT2D eigenvalue weighted by atomic mass is 9.89. The summed E-state index contributed by atoms with van der Waals surface area (Å²) in [6, 6.07) is 10.7. The van der Waals surface area contributed by atoms with E-state index in [0.717, 1.165) is 44.8 Å². The molecule has 118 valence electrons. The maximum atomic E-state index is 10.2. The van der Waals surface area contributed by atoms with E-state index in [1.54, 1.807) is 0 Å². The van der Waals surface area contributed by atoms with Gasteiger partial charge in [0.2, 0.25) is 0 Å². The van der Waals surface area contributed by atoms with Gasteiger partial charge in [-0.1, -0.05) is 37.3 Å². The van der Waals surface area contributed by atoms with Gasteiger partial charge in [-0.05, 0) is 25.5 Å². The van der Waals surface area contributed by atoms with E-state index in [1.165, 1.54) is 0 Å². The molecular weight excluding hydrogens is 264 g/mol. The molecule has 0 spiro atoms. The first-order chi connectivity index (χ1) is 10.2. The SMILES string of the molecule is CCCNC(CO)(CN1CCOCC1C)c1ccccc1. The third-order valence-corrected chi connectivity index (χ3v) is 4.29. The summed E-state index contributed by atoms with van der Waals surface area (Å²) >= 11 is 0. The van der Waals surface area contributed by atoms with Crippen LogP contribution in [0.4, 0.5) is 0 Å². The number of nitrogens with one attached hydrogen (secondary N) is 1. The first-order valence-corrected chi connectivity index (χ1v) is 7.95. The van der Waals surface area contributed by atoms with Gasteiger partial charge in [-0.15, -0.1) is 0 Å². The number of hydrogen-bond acceptors (Lipinski definition) is 4. The van der Waals surface area contributed by atoms with Crippen LogP contribution in [0.15, 0.2) is 30.3 Å². The largest absolute Gasteiger partial charge is 0.394 e. The van der Waals surface area contributed by atoms with Gasteiger partial charge in [-0.2, -0.15) is 0 Å². The fraction of sp³-hybridized carbons (Fsp3) is 0.647. The average Bonchev–Trinajstić information content (AvgIpc) is 2.54. The Kier molecular flexibility index (Phi) is 6.18. The lowest BCUT2D eigenvalue weighted by molar-refractivity contribution is -0.0212. The first kappa shape index (κ1) is 16.4. The molecule has 4 heteroatoms. The molecule has 2 rings (SSSR count). The molecule has 0 saturated carbocycles. The topological polar surface area (TPSA) is 44.7 Å². The highest BCUT2D eigenvalue weighted by atomic mass is 16.5. The number of ether oxygens (including phenoxy) is 1. The molecule has 0 radical (unpaired) electrons. The number of morpholine rings is 1. The van der Waals surface area contributed by atoms with E-state index < -0.39 is 5.54 Å². The molecule has 1 heterocycles. The van der Waals surface area contributed by atoms with Crippen LogP contribution in [0, 0.1) is 0 Å². The van der Waals surface area contributed by atoms with E-state index in [4.69, 9.17) is 4.74 Å². The molecule has 2 N–H and O–H groups in total. The number of aliphatic hydroxyl groups excluding tert-OH is 1. The minimum absolute atomic E-state index is 0.0983. The highest BCUT2D eigenvalue weighted by Gasteiger charge is 2.35. The molecule has 1 aromatic carbocycles. The van der Waals surface area contributed by atoms with Crippen molar-refractivity contribution in [2.45, 2.75) is 31.8 Å². The molecule has 0 aromatic heterocycles. The summed E-state index contributed by atoms with van der Waals surface area (Å²) in [6.45, 7) is 8.60. The van der Waals surface area contributed by atoms with Crippen LogP contribution >= 0.6 is 0 Å². The minimum atomic E-state index is -0.400. The van der Waals surface area contributed by atoms with Crippen molar-refractivity contribution >= 4 is 0 Å². The van der Waals surface area contributed by atoms with Gasteiger partial charge in [0.15, 0.2) is 0 Å². The van der Waals surface area contributed by atoms with Gasteiger partial charge in [0.1, 0.15) is 0 Å². The van der Waals surface area contributed by atoms with Gasteiger partial charge in [-0.25, -0.2) is 0 Å². The summed E-state index contributed by atoms with van der Waals surface area (Å²) in [5, 5.41) is 13.7. The minimum Gasteiger partial charge on any atom is -0.394 e. The summed E-state index contributed by atoms with van der Waals surface area (Å²) in [6.07, 6.45) is 1.05. The van der Waals surface area contributed by atoms with Gasteiger partial charge in [-0.3, -0.25) is 4.90 Å². The maximum Gasteiger partial charge on any atom is 0.0798 e. The van der Waals surface area contributed by atoms with Crippen molar-refractivity contribution in [2.24, 2.45) is 0 Å². The molecule has 1 aromatic rings. The standard InChI is InChI=1S/C17H28N2O2/c1-3-9-18-17(14-20,16-7-5-4-6-8-16)13-19-10-11-21-12-15(19)2/h4-8,15,18,20H,3,9-14H2,1-2H3. The molecule has 1 aliphatic rings. The smallest absolute Gasteiger partial charge is 0.0798 e. The second-order valence-electron chi connectivity index (χ2n) is 5.93. The summed E-state index contributed by atoms with van der Waals surface area (Å²) in [4.78, 5) is 2.41. The van der Waals surface area contributed by atoms with Crippen LogP contribution < -0.4 is 5.32 Å². The van der Waals surface area contributed by atoms with Crippen molar-refractivity contribution in [3.63, 3.8) is 0 Å². The van der Waals surface area contributed by atoms with E-state index in [2.05, 4.69) is 36.2 Å². The second kappa shape index (κ2) is 7.90. The Labute approximate surface area is 128 Å². The number of nitrogens with zero attached hydrogens (tertiary/aromatic N) is 1. The van der Waals surface area contributed by atoms with Crippen molar-refractivity contribution in [2.75, 3.05) is 39.5 Å². The lowest BCUT2D eigenvalue weighted by Crippen LogP contribution is -2.57. The summed E-state index contributed by atoms with van der Waals surface area (Å²) < 4.78 is 5.52. The molecular formula is C17H28N2O2. The molecule has 1 saturated heterocycles. The van der Waals surface area contributed by atoms with Crippen molar-refractivity contribution in [1.82, 2.24) is 10.2 Å². The van der Waals surface area contributed by atoms with E-state index in [1.807, 2.05) is 18.2 Å². The maximum absolute atomic E-state index is 10.2.